The number of imidazole rings is 1. The fraction of sp³-hybridized carbons (Fsp3) is 0. The first kappa shape index (κ1) is 19.1. The summed E-state index contributed by atoms with van der Waals surface area (Å²) < 4.78 is 30.1. The molecule has 4 N–H and O–H groups in total. The molecule has 0 atom stereocenters. The fourth-order valence-electron chi connectivity index (χ4n) is 3.97. The lowest BCUT2D eigenvalue weighted by atomic mass is 10.0. The molecule has 4 heterocycles. The molecule has 0 aliphatic carbocycles. The highest BCUT2D eigenvalue weighted by Gasteiger charge is 2.21. The first-order chi connectivity index (χ1) is 16.1. The molecule has 0 spiro atoms. The molecular weight excluding hydrogens is 424 g/mol. The molecule has 0 aliphatic heterocycles. The van der Waals surface area contributed by atoms with E-state index in [0.717, 1.165) is 0 Å². The minimum absolute atomic E-state index is 0.273. The van der Waals surface area contributed by atoms with Crippen molar-refractivity contribution in [3.63, 3.8) is 0 Å². The second-order valence-electron chi connectivity index (χ2n) is 7.55. The summed E-state index contributed by atoms with van der Waals surface area (Å²) >= 11 is 0. The van der Waals surface area contributed by atoms with Gasteiger partial charge >= 0.3 is 0 Å². The highest BCUT2D eigenvalue weighted by atomic mass is 19.1. The van der Waals surface area contributed by atoms with Crippen molar-refractivity contribution in [3.05, 3.63) is 78.8 Å². The highest BCUT2D eigenvalue weighted by molar-refractivity contribution is 5.98. The predicted molar refractivity (Wildman–Crippen MR) is 122 cm³/mol. The minimum Gasteiger partial charge on any atom is -0.397 e. The molecule has 0 unspecified atom stereocenters. The summed E-state index contributed by atoms with van der Waals surface area (Å²) in [6.45, 7) is 0. The number of halogens is 2. The number of nitrogens with one attached hydrogen (secondary N) is 2. The number of hydrogen-bond acceptors (Lipinski definition) is 5. The van der Waals surface area contributed by atoms with Crippen LogP contribution in [0.1, 0.15) is 0 Å². The number of fused-ring (bicyclic) bond motifs is 2. The van der Waals surface area contributed by atoms with Crippen LogP contribution in [-0.4, -0.2) is 30.1 Å². The van der Waals surface area contributed by atoms with Gasteiger partial charge in [0.05, 0.1) is 22.1 Å². The Labute approximate surface area is 185 Å². The fourth-order valence-corrected chi connectivity index (χ4v) is 3.97. The van der Waals surface area contributed by atoms with Crippen LogP contribution in [0.4, 0.5) is 14.5 Å². The number of nitrogens with two attached hydrogens (primary N) is 1. The summed E-state index contributed by atoms with van der Waals surface area (Å²) in [6.07, 6.45) is 4.62. The lowest BCUT2D eigenvalue weighted by Gasteiger charge is -2.05. The van der Waals surface area contributed by atoms with Crippen molar-refractivity contribution in [1.29, 1.82) is 0 Å². The smallest absolute Gasteiger partial charge is 0.159 e. The molecule has 9 heteroatoms. The van der Waals surface area contributed by atoms with Gasteiger partial charge in [0.15, 0.2) is 5.82 Å². The molecule has 0 radical (unpaired) electrons. The lowest BCUT2D eigenvalue weighted by molar-refractivity contribution is 0.631. The molecule has 6 aromatic rings. The Kier molecular flexibility index (Phi) is 4.16. The Balaban J connectivity index is 1.56. The molecule has 0 saturated carbocycles. The Morgan fingerprint density at radius 1 is 0.879 bits per heavy atom. The number of hydrogen-bond donors (Lipinski definition) is 3. The van der Waals surface area contributed by atoms with Crippen LogP contribution >= 0.6 is 0 Å². The van der Waals surface area contributed by atoms with E-state index in [4.69, 9.17) is 5.73 Å². The maximum Gasteiger partial charge on any atom is 0.159 e. The van der Waals surface area contributed by atoms with Crippen molar-refractivity contribution in [2.45, 2.75) is 0 Å². The van der Waals surface area contributed by atoms with Crippen molar-refractivity contribution in [3.8, 4) is 33.9 Å². The van der Waals surface area contributed by atoms with Gasteiger partial charge in [-0.3, -0.25) is 15.1 Å². The molecule has 0 fully saturated rings. The molecule has 0 bridgehead atoms. The number of benzene rings is 2. The Hall–Kier alpha value is -4.66. The zero-order valence-corrected chi connectivity index (χ0v) is 17.0. The molecule has 4 aromatic heterocycles. The summed E-state index contributed by atoms with van der Waals surface area (Å²) in [6, 6.07) is 13.1. The maximum atomic E-state index is 15.7. The van der Waals surface area contributed by atoms with E-state index in [9.17, 15) is 4.39 Å². The van der Waals surface area contributed by atoms with Gasteiger partial charge in [-0.2, -0.15) is 5.10 Å². The van der Waals surface area contributed by atoms with Crippen molar-refractivity contribution in [2.75, 3.05) is 5.73 Å². The van der Waals surface area contributed by atoms with Crippen LogP contribution in [0, 0.1) is 11.6 Å². The number of aromatic nitrogens is 6. The van der Waals surface area contributed by atoms with E-state index in [1.807, 2.05) is 0 Å². The normalized spacial score (nSPS) is 11.5. The van der Waals surface area contributed by atoms with Crippen LogP contribution < -0.4 is 5.73 Å². The van der Waals surface area contributed by atoms with Gasteiger partial charge in [0.2, 0.25) is 0 Å². The van der Waals surface area contributed by atoms with Gasteiger partial charge < -0.3 is 10.7 Å². The first-order valence-electron chi connectivity index (χ1n) is 10.1. The summed E-state index contributed by atoms with van der Waals surface area (Å²) in [5.41, 5.74) is 9.78. The third kappa shape index (κ3) is 3.01. The quantitative estimate of drug-likeness (QED) is 0.356. The monoisotopic (exact) mass is 439 g/mol. The van der Waals surface area contributed by atoms with E-state index in [1.165, 1.54) is 12.3 Å². The number of pyridine rings is 2. The van der Waals surface area contributed by atoms with Gasteiger partial charge in [0, 0.05) is 35.3 Å². The second kappa shape index (κ2) is 7.20. The van der Waals surface area contributed by atoms with Crippen molar-refractivity contribution < 1.29 is 8.78 Å². The van der Waals surface area contributed by atoms with Gasteiger partial charge in [-0.15, -0.1) is 0 Å². The lowest BCUT2D eigenvalue weighted by Crippen LogP contribution is -1.91. The topological polar surface area (TPSA) is 109 Å². The van der Waals surface area contributed by atoms with Gasteiger partial charge in [-0.05, 0) is 36.4 Å². The summed E-state index contributed by atoms with van der Waals surface area (Å²) in [7, 11) is 0. The number of nitrogens with zero attached hydrogens (tertiary/aromatic N) is 4. The van der Waals surface area contributed by atoms with E-state index < -0.39 is 11.6 Å². The van der Waals surface area contributed by atoms with E-state index in [0.29, 0.717) is 56.1 Å². The van der Waals surface area contributed by atoms with Gasteiger partial charge in [0.1, 0.15) is 28.5 Å². The zero-order valence-electron chi connectivity index (χ0n) is 17.0. The Morgan fingerprint density at radius 3 is 2.61 bits per heavy atom. The van der Waals surface area contributed by atoms with Gasteiger partial charge in [-0.25, -0.2) is 13.8 Å². The van der Waals surface area contributed by atoms with E-state index in [1.54, 1.807) is 54.9 Å². The van der Waals surface area contributed by atoms with Crippen LogP contribution in [0.2, 0.25) is 0 Å². The molecule has 0 aliphatic rings. The molecule has 7 nitrogen and oxygen atoms in total. The number of anilines is 1. The molecule has 33 heavy (non-hydrogen) atoms. The largest absolute Gasteiger partial charge is 0.397 e. The Morgan fingerprint density at radius 2 is 1.76 bits per heavy atom. The van der Waals surface area contributed by atoms with Crippen molar-refractivity contribution in [1.82, 2.24) is 30.1 Å². The summed E-state index contributed by atoms with van der Waals surface area (Å²) in [5.74, 6) is -0.543. The number of H-pyrrole nitrogens is 2. The maximum absolute atomic E-state index is 15.7. The van der Waals surface area contributed by atoms with Crippen molar-refractivity contribution >= 4 is 27.6 Å². The predicted octanol–water partition coefficient (Wildman–Crippen LogP) is 5.09. The van der Waals surface area contributed by atoms with Crippen molar-refractivity contribution in [2.24, 2.45) is 0 Å². The third-order valence-corrected chi connectivity index (χ3v) is 5.49. The number of nitrogen functional groups attached to an aromatic ring is 1. The SMILES string of the molecule is Nc1cncc(-c2ccc3[nH]nc(-c4nc5c(-c6ccccc6F)nccc5[nH]4)c3c2F)c1. The number of rotatable bonds is 3. The van der Waals surface area contributed by atoms with Gasteiger partial charge in [0.25, 0.3) is 0 Å². The molecule has 0 saturated heterocycles. The molecule has 160 valence electrons. The van der Waals surface area contributed by atoms with Crippen LogP contribution in [0.15, 0.2) is 67.1 Å². The van der Waals surface area contributed by atoms with Crippen LogP contribution in [0.5, 0.6) is 0 Å². The average molecular weight is 439 g/mol. The molecule has 2 aromatic carbocycles. The Bertz CT molecular complexity index is 1670. The molecule has 0 amide bonds. The van der Waals surface area contributed by atoms with Gasteiger partial charge in [-0.1, -0.05) is 12.1 Å². The van der Waals surface area contributed by atoms with E-state index >= 15 is 4.39 Å². The number of aromatic amines is 2. The van der Waals surface area contributed by atoms with E-state index in [-0.39, 0.29) is 5.39 Å². The summed E-state index contributed by atoms with van der Waals surface area (Å²) in [4.78, 5) is 16.2. The summed E-state index contributed by atoms with van der Waals surface area (Å²) in [5, 5.41) is 7.42. The minimum atomic E-state index is -0.475. The van der Waals surface area contributed by atoms with Crippen LogP contribution in [0.25, 0.3) is 55.8 Å². The highest BCUT2D eigenvalue weighted by Crippen LogP contribution is 2.35. The zero-order chi connectivity index (χ0) is 22.5. The molecule has 6 rings (SSSR count). The average Bonchev–Trinajstić information content (AvgIpc) is 3.44. The first-order valence-corrected chi connectivity index (χ1v) is 10.1. The third-order valence-electron chi connectivity index (χ3n) is 5.49. The van der Waals surface area contributed by atoms with Crippen LogP contribution in [-0.2, 0) is 0 Å². The van der Waals surface area contributed by atoms with E-state index in [2.05, 4.69) is 30.1 Å². The second-order valence-corrected chi connectivity index (χ2v) is 7.55. The van der Waals surface area contributed by atoms with Crippen LogP contribution in [0.3, 0.4) is 0 Å². The molecular formula is C24H15F2N7. The standard InChI is InChI=1S/C24H15F2N7/c25-16-4-2-1-3-15(16)21-22-18(7-8-29-21)30-24(31-22)23-19-17(32-33-23)6-5-14(20(19)26)12-9-13(27)11-28-10-12/h1-11H,27H2,(H,30,31)(H,32,33).